The van der Waals surface area contributed by atoms with E-state index in [0.29, 0.717) is 17.0 Å². The Kier molecular flexibility index (Phi) is 4.93. The normalized spacial score (nSPS) is 9.76. The first kappa shape index (κ1) is 14.6. The third-order valence-corrected chi connectivity index (χ3v) is 2.70. The van der Waals surface area contributed by atoms with Gasteiger partial charge >= 0.3 is 5.97 Å². The van der Waals surface area contributed by atoms with Gasteiger partial charge in [-0.2, -0.15) is 0 Å². The number of para-hydroxylation sites is 1. The van der Waals surface area contributed by atoms with E-state index in [1.807, 2.05) is 18.2 Å². The number of rotatable bonds is 5. The van der Waals surface area contributed by atoms with Crippen LogP contribution in [-0.4, -0.2) is 25.6 Å². The topological polar surface area (TPSA) is 64.6 Å². The molecule has 1 amide bonds. The number of hydrogen-bond donors (Lipinski definition) is 1. The Hall–Kier alpha value is -2.82. The van der Waals surface area contributed by atoms with Gasteiger partial charge in [-0.25, -0.2) is 4.79 Å². The number of ether oxygens (including phenoxy) is 2. The highest BCUT2D eigenvalue weighted by atomic mass is 16.5. The molecular weight excluding hydrogens is 270 g/mol. The van der Waals surface area contributed by atoms with Gasteiger partial charge < -0.3 is 14.8 Å². The lowest BCUT2D eigenvalue weighted by molar-refractivity contribution is -0.118. The van der Waals surface area contributed by atoms with Gasteiger partial charge in [-0.05, 0) is 36.4 Å². The molecule has 0 heterocycles. The fourth-order valence-electron chi connectivity index (χ4n) is 1.67. The maximum Gasteiger partial charge on any atom is 0.337 e. The summed E-state index contributed by atoms with van der Waals surface area (Å²) < 4.78 is 9.93. The summed E-state index contributed by atoms with van der Waals surface area (Å²) in [6, 6.07) is 15.5. The molecule has 2 rings (SSSR count). The molecule has 0 aromatic heterocycles. The molecule has 0 atom stereocenters. The number of benzene rings is 2. The molecule has 0 radical (unpaired) electrons. The van der Waals surface area contributed by atoms with Crippen LogP contribution in [-0.2, 0) is 9.53 Å². The predicted molar refractivity (Wildman–Crippen MR) is 78.3 cm³/mol. The Morgan fingerprint density at radius 3 is 2.29 bits per heavy atom. The van der Waals surface area contributed by atoms with Gasteiger partial charge in [-0.3, -0.25) is 4.79 Å². The van der Waals surface area contributed by atoms with Crippen LogP contribution >= 0.6 is 0 Å². The largest absolute Gasteiger partial charge is 0.484 e. The van der Waals surface area contributed by atoms with E-state index >= 15 is 0 Å². The average molecular weight is 285 g/mol. The first-order chi connectivity index (χ1) is 10.2. The van der Waals surface area contributed by atoms with Crippen molar-refractivity contribution in [3.05, 3.63) is 60.2 Å². The number of esters is 1. The van der Waals surface area contributed by atoms with Crippen molar-refractivity contribution >= 4 is 17.6 Å². The van der Waals surface area contributed by atoms with Crippen molar-refractivity contribution in [2.45, 2.75) is 0 Å². The van der Waals surface area contributed by atoms with Crippen molar-refractivity contribution in [1.82, 2.24) is 0 Å². The minimum atomic E-state index is -0.416. The van der Waals surface area contributed by atoms with Crippen LogP contribution in [0.1, 0.15) is 10.4 Å². The average Bonchev–Trinajstić information content (AvgIpc) is 2.54. The molecule has 1 N–H and O–H groups in total. The van der Waals surface area contributed by atoms with Crippen molar-refractivity contribution < 1.29 is 19.1 Å². The highest BCUT2D eigenvalue weighted by molar-refractivity contribution is 5.93. The van der Waals surface area contributed by atoms with Crippen molar-refractivity contribution in [2.75, 3.05) is 19.0 Å². The first-order valence-electron chi connectivity index (χ1n) is 6.35. The van der Waals surface area contributed by atoms with E-state index in [1.165, 1.54) is 7.11 Å². The van der Waals surface area contributed by atoms with Crippen LogP contribution in [0.5, 0.6) is 5.75 Å². The maximum absolute atomic E-state index is 11.7. The number of nitrogens with one attached hydrogen (secondary N) is 1. The molecule has 0 fully saturated rings. The number of methoxy groups -OCH3 is 1. The van der Waals surface area contributed by atoms with Crippen LogP contribution in [0.15, 0.2) is 54.6 Å². The van der Waals surface area contributed by atoms with Crippen LogP contribution in [0.2, 0.25) is 0 Å². The van der Waals surface area contributed by atoms with Crippen molar-refractivity contribution in [1.29, 1.82) is 0 Å². The predicted octanol–water partition coefficient (Wildman–Crippen LogP) is 2.49. The second-order valence-corrected chi connectivity index (χ2v) is 4.22. The number of carbonyl (C=O) groups is 2. The molecule has 2 aromatic carbocycles. The minimum Gasteiger partial charge on any atom is -0.484 e. The van der Waals surface area contributed by atoms with E-state index in [0.717, 1.165) is 0 Å². The number of carbonyl (C=O) groups excluding carboxylic acids is 2. The number of amides is 1. The standard InChI is InChI=1S/C16H15NO4/c1-20-16(19)12-7-9-13(10-8-12)17-15(18)11-21-14-5-3-2-4-6-14/h2-10H,11H2,1H3,(H,17,18). The van der Waals surface area contributed by atoms with Gasteiger partial charge in [-0.15, -0.1) is 0 Å². The molecule has 0 saturated heterocycles. The van der Waals surface area contributed by atoms with Gasteiger partial charge in [0.1, 0.15) is 5.75 Å². The first-order valence-corrected chi connectivity index (χ1v) is 6.35. The van der Waals surface area contributed by atoms with Gasteiger partial charge in [0.05, 0.1) is 12.7 Å². The van der Waals surface area contributed by atoms with Crippen LogP contribution in [0.4, 0.5) is 5.69 Å². The Morgan fingerprint density at radius 2 is 1.67 bits per heavy atom. The fourth-order valence-corrected chi connectivity index (χ4v) is 1.67. The molecular formula is C16H15NO4. The zero-order chi connectivity index (χ0) is 15.1. The van der Waals surface area contributed by atoms with E-state index in [9.17, 15) is 9.59 Å². The molecule has 0 spiro atoms. The lowest BCUT2D eigenvalue weighted by Gasteiger charge is -2.07. The summed E-state index contributed by atoms with van der Waals surface area (Å²) in [5.74, 6) is -0.0568. The van der Waals surface area contributed by atoms with Gasteiger partial charge in [0.15, 0.2) is 6.61 Å². The SMILES string of the molecule is COC(=O)c1ccc(NC(=O)COc2ccccc2)cc1. The molecule has 5 nitrogen and oxygen atoms in total. The van der Waals surface area contributed by atoms with E-state index in [2.05, 4.69) is 10.1 Å². The summed E-state index contributed by atoms with van der Waals surface area (Å²) in [4.78, 5) is 23.0. The summed E-state index contributed by atoms with van der Waals surface area (Å²) in [6.07, 6.45) is 0. The molecule has 5 heteroatoms. The molecule has 0 aliphatic rings. The van der Waals surface area contributed by atoms with Crippen molar-refractivity contribution in [3.8, 4) is 5.75 Å². The number of anilines is 1. The molecule has 0 saturated carbocycles. The highest BCUT2D eigenvalue weighted by Gasteiger charge is 2.06. The second-order valence-electron chi connectivity index (χ2n) is 4.22. The maximum atomic E-state index is 11.7. The Bertz CT molecular complexity index is 608. The quantitative estimate of drug-likeness (QED) is 0.857. The van der Waals surface area contributed by atoms with Crippen LogP contribution < -0.4 is 10.1 Å². The summed E-state index contributed by atoms with van der Waals surface area (Å²) in [5, 5.41) is 2.68. The fraction of sp³-hybridized carbons (Fsp3) is 0.125. The minimum absolute atomic E-state index is 0.0806. The zero-order valence-corrected chi connectivity index (χ0v) is 11.5. The Morgan fingerprint density at radius 1 is 1.00 bits per heavy atom. The smallest absolute Gasteiger partial charge is 0.337 e. The third kappa shape index (κ3) is 4.35. The monoisotopic (exact) mass is 285 g/mol. The summed E-state index contributed by atoms with van der Waals surface area (Å²) >= 11 is 0. The molecule has 0 unspecified atom stereocenters. The Labute approximate surface area is 122 Å². The van der Waals surface area contributed by atoms with Gasteiger partial charge in [0.25, 0.3) is 5.91 Å². The van der Waals surface area contributed by atoms with Crippen LogP contribution in [0, 0.1) is 0 Å². The lowest BCUT2D eigenvalue weighted by atomic mass is 10.2. The molecule has 21 heavy (non-hydrogen) atoms. The summed E-state index contributed by atoms with van der Waals surface area (Å²) in [5.41, 5.74) is 1.01. The van der Waals surface area contributed by atoms with E-state index in [4.69, 9.17) is 4.74 Å². The molecule has 0 bridgehead atoms. The van der Waals surface area contributed by atoms with Gasteiger partial charge in [-0.1, -0.05) is 18.2 Å². The summed E-state index contributed by atoms with van der Waals surface area (Å²) in [7, 11) is 1.32. The molecule has 0 aliphatic carbocycles. The highest BCUT2D eigenvalue weighted by Crippen LogP contribution is 2.11. The van der Waals surface area contributed by atoms with Crippen molar-refractivity contribution in [3.63, 3.8) is 0 Å². The van der Waals surface area contributed by atoms with Crippen LogP contribution in [0.25, 0.3) is 0 Å². The molecule has 2 aromatic rings. The van der Waals surface area contributed by atoms with Crippen molar-refractivity contribution in [2.24, 2.45) is 0 Å². The molecule has 108 valence electrons. The van der Waals surface area contributed by atoms with Gasteiger partial charge in [0.2, 0.25) is 0 Å². The van der Waals surface area contributed by atoms with Gasteiger partial charge in [0, 0.05) is 5.69 Å². The molecule has 0 aliphatic heterocycles. The Balaban J connectivity index is 1.86. The lowest BCUT2D eigenvalue weighted by Crippen LogP contribution is -2.20. The van der Waals surface area contributed by atoms with E-state index < -0.39 is 5.97 Å². The van der Waals surface area contributed by atoms with E-state index in [1.54, 1.807) is 36.4 Å². The van der Waals surface area contributed by atoms with Crippen LogP contribution in [0.3, 0.4) is 0 Å². The second kappa shape index (κ2) is 7.09. The van der Waals surface area contributed by atoms with E-state index in [-0.39, 0.29) is 12.5 Å². The zero-order valence-electron chi connectivity index (χ0n) is 11.5. The third-order valence-electron chi connectivity index (χ3n) is 2.70. The number of hydrogen-bond acceptors (Lipinski definition) is 4. The summed E-state index contributed by atoms with van der Waals surface area (Å²) in [6.45, 7) is -0.0806.